The minimum Gasteiger partial charge on any atom is -0.382 e. The molecule has 0 radical (unpaired) electrons. The fraction of sp³-hybridized carbons (Fsp3) is 0.250. The lowest BCUT2D eigenvalue weighted by Gasteiger charge is -2.04. The largest absolute Gasteiger partial charge is 0.382 e. The Labute approximate surface area is 104 Å². The van der Waals surface area contributed by atoms with Gasteiger partial charge in [-0.3, -0.25) is 9.67 Å². The van der Waals surface area contributed by atoms with Crippen LogP contribution in [0.15, 0.2) is 24.7 Å². The summed E-state index contributed by atoms with van der Waals surface area (Å²) in [6, 6.07) is 1.96. The molecule has 0 saturated heterocycles. The second-order valence-corrected chi connectivity index (χ2v) is 4.15. The first kappa shape index (κ1) is 10.8. The van der Waals surface area contributed by atoms with Crippen LogP contribution in [0.5, 0.6) is 0 Å². The Hall–Kier alpha value is -2.37. The number of aryl methyl sites for hydroxylation is 2. The van der Waals surface area contributed by atoms with Gasteiger partial charge < -0.3 is 10.3 Å². The van der Waals surface area contributed by atoms with E-state index in [2.05, 4.69) is 26.6 Å². The third-order valence-electron chi connectivity index (χ3n) is 2.97. The molecule has 0 amide bonds. The number of hydrogen-bond acceptors (Lipinski definition) is 4. The van der Waals surface area contributed by atoms with Crippen LogP contribution in [0.4, 0.5) is 5.82 Å². The van der Waals surface area contributed by atoms with Crippen LogP contribution in [-0.4, -0.2) is 24.3 Å². The Morgan fingerprint density at radius 2 is 2.22 bits per heavy atom. The first-order chi connectivity index (χ1) is 8.70. The summed E-state index contributed by atoms with van der Waals surface area (Å²) in [5, 5.41) is 4.16. The Morgan fingerprint density at radius 3 is 2.89 bits per heavy atom. The van der Waals surface area contributed by atoms with Crippen LogP contribution in [-0.2, 0) is 13.6 Å². The number of aromatic nitrogens is 5. The standard InChI is InChI=1S/C12H14N6/c1-3-18-10-4-5-14-6-9(10)15-12(18)8-7-17(2)16-11(8)13/h4-7H,3H2,1-2H3,(H2,13,16). The van der Waals surface area contributed by atoms with E-state index in [9.17, 15) is 0 Å². The minimum atomic E-state index is 0.496. The van der Waals surface area contributed by atoms with Crippen molar-refractivity contribution in [2.45, 2.75) is 13.5 Å². The zero-order valence-electron chi connectivity index (χ0n) is 10.3. The van der Waals surface area contributed by atoms with Gasteiger partial charge in [0, 0.05) is 26.0 Å². The van der Waals surface area contributed by atoms with Gasteiger partial charge in [0.2, 0.25) is 0 Å². The monoisotopic (exact) mass is 242 g/mol. The average Bonchev–Trinajstić information content (AvgIpc) is 2.88. The van der Waals surface area contributed by atoms with E-state index in [4.69, 9.17) is 5.73 Å². The fourth-order valence-corrected chi connectivity index (χ4v) is 2.19. The number of fused-ring (bicyclic) bond motifs is 1. The molecular weight excluding hydrogens is 228 g/mol. The third-order valence-corrected chi connectivity index (χ3v) is 2.97. The summed E-state index contributed by atoms with van der Waals surface area (Å²) >= 11 is 0. The molecule has 0 atom stereocenters. The molecule has 3 aromatic rings. The molecule has 0 saturated carbocycles. The van der Waals surface area contributed by atoms with E-state index in [0.717, 1.165) is 29.0 Å². The first-order valence-electron chi connectivity index (χ1n) is 5.80. The van der Waals surface area contributed by atoms with Gasteiger partial charge in [0.1, 0.15) is 11.3 Å². The molecule has 0 fully saturated rings. The van der Waals surface area contributed by atoms with Gasteiger partial charge in [-0.15, -0.1) is 0 Å². The van der Waals surface area contributed by atoms with E-state index in [1.54, 1.807) is 17.1 Å². The van der Waals surface area contributed by atoms with E-state index in [1.807, 2.05) is 19.3 Å². The van der Waals surface area contributed by atoms with Crippen molar-refractivity contribution in [3.63, 3.8) is 0 Å². The Balaban J connectivity index is 2.32. The van der Waals surface area contributed by atoms with Gasteiger partial charge in [0.05, 0.1) is 17.3 Å². The summed E-state index contributed by atoms with van der Waals surface area (Å²) in [4.78, 5) is 8.69. The molecule has 0 aliphatic carbocycles. The van der Waals surface area contributed by atoms with Crippen molar-refractivity contribution >= 4 is 16.9 Å². The molecular formula is C12H14N6. The molecule has 0 aliphatic heterocycles. The van der Waals surface area contributed by atoms with Crippen molar-refractivity contribution in [2.24, 2.45) is 7.05 Å². The average molecular weight is 242 g/mol. The molecule has 3 heterocycles. The SMILES string of the molecule is CCn1c(-c2cn(C)nc2N)nc2cnccc21. The number of imidazole rings is 1. The normalized spacial score (nSPS) is 11.2. The van der Waals surface area contributed by atoms with Crippen molar-refractivity contribution in [3.05, 3.63) is 24.7 Å². The molecule has 6 heteroatoms. The van der Waals surface area contributed by atoms with E-state index in [-0.39, 0.29) is 0 Å². The van der Waals surface area contributed by atoms with Crippen LogP contribution in [0.3, 0.4) is 0 Å². The molecule has 18 heavy (non-hydrogen) atoms. The number of pyridine rings is 1. The van der Waals surface area contributed by atoms with Crippen molar-refractivity contribution < 1.29 is 0 Å². The highest BCUT2D eigenvalue weighted by Gasteiger charge is 2.15. The van der Waals surface area contributed by atoms with E-state index < -0.39 is 0 Å². The number of nitrogen functional groups attached to an aromatic ring is 1. The van der Waals surface area contributed by atoms with Crippen molar-refractivity contribution in [3.8, 4) is 11.4 Å². The highest BCUT2D eigenvalue weighted by molar-refractivity contribution is 5.81. The first-order valence-corrected chi connectivity index (χ1v) is 5.80. The van der Waals surface area contributed by atoms with Gasteiger partial charge in [-0.05, 0) is 13.0 Å². The molecule has 3 rings (SSSR count). The smallest absolute Gasteiger partial charge is 0.156 e. The van der Waals surface area contributed by atoms with Crippen molar-refractivity contribution in [1.29, 1.82) is 0 Å². The van der Waals surface area contributed by atoms with Gasteiger partial charge in [-0.1, -0.05) is 0 Å². The number of anilines is 1. The topological polar surface area (TPSA) is 74.5 Å². The van der Waals surface area contributed by atoms with E-state index >= 15 is 0 Å². The van der Waals surface area contributed by atoms with Crippen LogP contribution in [0, 0.1) is 0 Å². The molecule has 2 N–H and O–H groups in total. The molecule has 0 aliphatic rings. The van der Waals surface area contributed by atoms with Crippen LogP contribution in [0.1, 0.15) is 6.92 Å². The lowest BCUT2D eigenvalue weighted by atomic mass is 10.3. The van der Waals surface area contributed by atoms with Gasteiger partial charge in [-0.2, -0.15) is 5.10 Å². The minimum absolute atomic E-state index is 0.496. The molecule has 0 spiro atoms. The summed E-state index contributed by atoms with van der Waals surface area (Å²) in [5.74, 6) is 1.33. The quantitative estimate of drug-likeness (QED) is 0.737. The maximum absolute atomic E-state index is 5.92. The third kappa shape index (κ3) is 1.46. The van der Waals surface area contributed by atoms with Gasteiger partial charge in [0.15, 0.2) is 5.82 Å². The summed E-state index contributed by atoms with van der Waals surface area (Å²) in [6.07, 6.45) is 5.42. The molecule has 0 unspecified atom stereocenters. The van der Waals surface area contributed by atoms with Crippen LogP contribution >= 0.6 is 0 Å². The second kappa shape index (κ2) is 3.83. The van der Waals surface area contributed by atoms with Gasteiger partial charge in [-0.25, -0.2) is 4.98 Å². The summed E-state index contributed by atoms with van der Waals surface area (Å²) < 4.78 is 3.81. The Bertz CT molecular complexity index is 709. The maximum Gasteiger partial charge on any atom is 0.156 e. The Kier molecular flexibility index (Phi) is 2.29. The summed E-state index contributed by atoms with van der Waals surface area (Å²) in [5.41, 5.74) is 8.71. The number of nitrogens with two attached hydrogens (primary N) is 1. The highest BCUT2D eigenvalue weighted by atomic mass is 15.3. The van der Waals surface area contributed by atoms with Crippen LogP contribution in [0.2, 0.25) is 0 Å². The lowest BCUT2D eigenvalue weighted by Crippen LogP contribution is -1.98. The van der Waals surface area contributed by atoms with Gasteiger partial charge in [0.25, 0.3) is 0 Å². The molecule has 0 aromatic carbocycles. The van der Waals surface area contributed by atoms with Crippen LogP contribution < -0.4 is 5.73 Å². The highest BCUT2D eigenvalue weighted by Crippen LogP contribution is 2.27. The van der Waals surface area contributed by atoms with Gasteiger partial charge >= 0.3 is 0 Å². The van der Waals surface area contributed by atoms with Crippen molar-refractivity contribution in [1.82, 2.24) is 24.3 Å². The second-order valence-electron chi connectivity index (χ2n) is 4.15. The van der Waals surface area contributed by atoms with E-state index in [1.165, 1.54) is 0 Å². The van der Waals surface area contributed by atoms with Crippen LogP contribution in [0.25, 0.3) is 22.4 Å². The molecule has 3 aromatic heterocycles. The summed E-state index contributed by atoms with van der Waals surface area (Å²) in [6.45, 7) is 2.90. The Morgan fingerprint density at radius 1 is 1.39 bits per heavy atom. The van der Waals surface area contributed by atoms with E-state index in [0.29, 0.717) is 5.82 Å². The predicted molar refractivity (Wildman–Crippen MR) is 69.8 cm³/mol. The predicted octanol–water partition coefficient (Wildman–Crippen LogP) is 1.43. The van der Waals surface area contributed by atoms with Crippen molar-refractivity contribution in [2.75, 3.05) is 5.73 Å². The molecule has 92 valence electrons. The maximum atomic E-state index is 5.92. The summed E-state index contributed by atoms with van der Waals surface area (Å²) in [7, 11) is 1.85. The number of nitrogens with zero attached hydrogens (tertiary/aromatic N) is 5. The number of rotatable bonds is 2. The fourth-order valence-electron chi connectivity index (χ4n) is 2.19. The lowest BCUT2D eigenvalue weighted by molar-refractivity contribution is 0.771. The molecule has 0 bridgehead atoms. The number of hydrogen-bond donors (Lipinski definition) is 1. The zero-order valence-corrected chi connectivity index (χ0v) is 10.3. The molecule has 6 nitrogen and oxygen atoms in total. The zero-order chi connectivity index (χ0) is 12.7.